The van der Waals surface area contributed by atoms with E-state index >= 15 is 0 Å². The molecule has 1 N–H and O–H groups in total. The summed E-state index contributed by atoms with van der Waals surface area (Å²) in [6.07, 6.45) is -7.07. The molecule has 0 aliphatic rings. The highest BCUT2D eigenvalue weighted by atomic mass is 35.5. The second kappa shape index (κ2) is 10.1. The van der Waals surface area contributed by atoms with Gasteiger partial charge in [-0.2, -0.15) is 36.1 Å². The molecule has 3 rings (SSSR count). The van der Waals surface area contributed by atoms with Crippen LogP contribution in [0.3, 0.4) is 0 Å². The highest BCUT2D eigenvalue weighted by Gasteiger charge is 2.33. The van der Waals surface area contributed by atoms with Crippen LogP contribution in [0.4, 0.5) is 26.3 Å². The molecule has 0 aliphatic heterocycles. The number of hydrogen-bond donors (Lipinski definition) is 1. The number of nitrogens with zero attached hydrogens (tertiary/aromatic N) is 5. The first-order valence-electron chi connectivity index (χ1n) is 10.0. The van der Waals surface area contributed by atoms with E-state index in [1.165, 1.54) is 23.7 Å². The van der Waals surface area contributed by atoms with E-state index < -0.39 is 42.3 Å². The van der Waals surface area contributed by atoms with Crippen molar-refractivity contribution in [2.24, 2.45) is 0 Å². The number of nitrogens with one attached hydrogen (secondary N) is 1. The number of carbonyl (C=O) groups excluding carboxylic acids is 2. The molecule has 0 aliphatic carbocycles. The fraction of sp³-hybridized carbons (Fsp3) is 0.286. The molecule has 0 fully saturated rings. The number of aromatic nitrogens is 4. The van der Waals surface area contributed by atoms with Gasteiger partial charge in [-0.3, -0.25) is 9.59 Å². The van der Waals surface area contributed by atoms with Crippen molar-refractivity contribution < 1.29 is 35.9 Å². The molecule has 0 bridgehead atoms. The van der Waals surface area contributed by atoms with E-state index in [4.69, 9.17) is 11.6 Å². The van der Waals surface area contributed by atoms with Crippen molar-refractivity contribution in [3.63, 3.8) is 0 Å². The molecule has 2 heterocycles. The number of rotatable bonds is 6. The predicted molar refractivity (Wildman–Crippen MR) is 115 cm³/mol. The summed E-state index contributed by atoms with van der Waals surface area (Å²) >= 11 is 5.73. The number of benzene rings is 1. The number of carbonyl (C=O) groups is 2. The van der Waals surface area contributed by atoms with Crippen LogP contribution in [0.5, 0.6) is 0 Å². The fourth-order valence-corrected chi connectivity index (χ4v) is 3.39. The Morgan fingerprint density at radius 2 is 1.78 bits per heavy atom. The smallest absolute Gasteiger partial charge is 0.342 e. The van der Waals surface area contributed by atoms with Gasteiger partial charge < -0.3 is 10.2 Å². The Labute approximate surface area is 204 Å². The molecule has 2 amide bonds. The van der Waals surface area contributed by atoms with Gasteiger partial charge in [-0.05, 0) is 37.3 Å². The Hall–Kier alpha value is -3.68. The average Bonchev–Trinajstić information content (AvgIpc) is 3.26. The van der Waals surface area contributed by atoms with Crippen LogP contribution in [0, 0.1) is 0 Å². The molecule has 36 heavy (non-hydrogen) atoms. The van der Waals surface area contributed by atoms with Crippen molar-refractivity contribution in [3.05, 3.63) is 70.4 Å². The molecular formula is C21H17ClF6N6O2. The average molecular weight is 535 g/mol. The molecule has 3 aromatic rings. The van der Waals surface area contributed by atoms with Gasteiger partial charge in [-0.15, -0.1) is 0 Å². The second-order valence-electron chi connectivity index (χ2n) is 7.63. The Bertz CT molecular complexity index is 1260. The number of halogens is 7. The van der Waals surface area contributed by atoms with Gasteiger partial charge in [0, 0.05) is 23.8 Å². The highest BCUT2D eigenvalue weighted by Crippen LogP contribution is 2.32. The van der Waals surface area contributed by atoms with Gasteiger partial charge >= 0.3 is 12.4 Å². The zero-order valence-corrected chi connectivity index (χ0v) is 19.3. The number of amides is 2. The Balaban J connectivity index is 1.77. The van der Waals surface area contributed by atoms with Crippen molar-refractivity contribution in [3.8, 4) is 5.82 Å². The minimum Gasteiger partial charge on any atom is -0.342 e. The van der Waals surface area contributed by atoms with Crippen LogP contribution in [0.25, 0.3) is 5.82 Å². The van der Waals surface area contributed by atoms with Crippen molar-refractivity contribution in [1.29, 1.82) is 0 Å². The standard InChI is InChI=1S/C21H17ClF6N6O2/c1-11(32-18(35)13-5-14(21(26,27)28)7-15(22)6-13)17-30-10-31-34(17)16-4-3-12(8-29-16)19(36)33(2)9-20(23,24)25/h3-8,10-11H,9H2,1-2H3,(H,32,35)/t11-/m0/s1. The summed E-state index contributed by atoms with van der Waals surface area (Å²) in [6.45, 7) is 0.0622. The number of pyridine rings is 1. The summed E-state index contributed by atoms with van der Waals surface area (Å²) in [5.74, 6) is -1.49. The van der Waals surface area contributed by atoms with Gasteiger partial charge in [-0.1, -0.05) is 11.6 Å². The normalized spacial score (nSPS) is 12.8. The molecule has 1 atom stereocenters. The third kappa shape index (κ3) is 6.50. The topological polar surface area (TPSA) is 93.0 Å². The lowest BCUT2D eigenvalue weighted by Crippen LogP contribution is -2.35. The van der Waals surface area contributed by atoms with Crippen LogP contribution in [0.2, 0.25) is 5.02 Å². The maximum Gasteiger partial charge on any atom is 0.416 e. The first kappa shape index (κ1) is 26.9. The van der Waals surface area contributed by atoms with Crippen molar-refractivity contribution >= 4 is 23.4 Å². The van der Waals surface area contributed by atoms with Gasteiger partial charge in [0.15, 0.2) is 11.6 Å². The van der Waals surface area contributed by atoms with E-state index in [0.717, 1.165) is 25.6 Å². The van der Waals surface area contributed by atoms with E-state index in [2.05, 4.69) is 20.4 Å². The molecule has 2 aromatic heterocycles. The van der Waals surface area contributed by atoms with Crippen LogP contribution in [0.15, 0.2) is 42.9 Å². The zero-order chi connectivity index (χ0) is 26.8. The van der Waals surface area contributed by atoms with E-state index in [9.17, 15) is 35.9 Å². The zero-order valence-electron chi connectivity index (χ0n) is 18.5. The van der Waals surface area contributed by atoms with Crippen molar-refractivity contribution in [1.82, 2.24) is 30.0 Å². The Morgan fingerprint density at radius 3 is 2.36 bits per heavy atom. The maximum absolute atomic E-state index is 13.0. The fourth-order valence-electron chi connectivity index (χ4n) is 3.15. The minimum absolute atomic E-state index is 0.102. The first-order valence-corrected chi connectivity index (χ1v) is 10.4. The van der Waals surface area contributed by atoms with E-state index in [1.54, 1.807) is 0 Å². The largest absolute Gasteiger partial charge is 0.416 e. The van der Waals surface area contributed by atoms with E-state index in [1.807, 2.05) is 0 Å². The molecule has 192 valence electrons. The molecule has 1 aromatic carbocycles. The molecule has 0 radical (unpaired) electrons. The monoisotopic (exact) mass is 534 g/mol. The number of hydrogen-bond acceptors (Lipinski definition) is 5. The van der Waals surface area contributed by atoms with Gasteiger partial charge in [0.05, 0.1) is 17.2 Å². The van der Waals surface area contributed by atoms with Gasteiger partial charge in [0.2, 0.25) is 0 Å². The van der Waals surface area contributed by atoms with Crippen molar-refractivity contribution in [2.45, 2.75) is 25.3 Å². The van der Waals surface area contributed by atoms with E-state index in [0.29, 0.717) is 17.0 Å². The first-order chi connectivity index (χ1) is 16.7. The summed E-state index contributed by atoms with van der Waals surface area (Å²) in [6, 6.07) is 4.13. The molecule has 15 heteroatoms. The Kier molecular flexibility index (Phi) is 7.57. The van der Waals surface area contributed by atoms with Crippen LogP contribution >= 0.6 is 11.6 Å². The van der Waals surface area contributed by atoms with Crippen LogP contribution in [0.1, 0.15) is 45.1 Å². The lowest BCUT2D eigenvalue weighted by Gasteiger charge is -2.19. The van der Waals surface area contributed by atoms with Gasteiger partial charge in [0.1, 0.15) is 12.9 Å². The third-order valence-corrected chi connectivity index (χ3v) is 4.99. The molecule has 0 spiro atoms. The van der Waals surface area contributed by atoms with Gasteiger partial charge in [0.25, 0.3) is 11.8 Å². The lowest BCUT2D eigenvalue weighted by atomic mass is 10.1. The molecule has 8 nitrogen and oxygen atoms in total. The quantitative estimate of drug-likeness (QED) is 0.471. The van der Waals surface area contributed by atoms with Crippen LogP contribution in [-0.4, -0.2) is 56.2 Å². The maximum atomic E-state index is 13.0. The molecule has 0 saturated heterocycles. The third-order valence-electron chi connectivity index (χ3n) is 4.77. The Morgan fingerprint density at radius 1 is 1.08 bits per heavy atom. The second-order valence-corrected chi connectivity index (χ2v) is 8.07. The van der Waals surface area contributed by atoms with Crippen LogP contribution in [-0.2, 0) is 6.18 Å². The lowest BCUT2D eigenvalue weighted by molar-refractivity contribution is -0.138. The van der Waals surface area contributed by atoms with Crippen LogP contribution < -0.4 is 5.32 Å². The summed E-state index contributed by atoms with van der Waals surface area (Å²) in [4.78, 5) is 33.3. The summed E-state index contributed by atoms with van der Waals surface area (Å²) in [5.41, 5.74) is -1.51. The summed E-state index contributed by atoms with van der Waals surface area (Å²) < 4.78 is 77.9. The SMILES string of the molecule is C[C@H](NC(=O)c1cc(Cl)cc(C(F)(F)F)c1)c1ncnn1-c1ccc(C(=O)N(C)CC(F)(F)F)cn1. The predicted octanol–water partition coefficient (Wildman–Crippen LogP) is 4.46. The van der Waals surface area contributed by atoms with E-state index in [-0.39, 0.29) is 27.8 Å². The molecule has 0 saturated carbocycles. The molecule has 0 unspecified atom stereocenters. The highest BCUT2D eigenvalue weighted by molar-refractivity contribution is 6.31. The van der Waals surface area contributed by atoms with Crippen molar-refractivity contribution in [2.75, 3.05) is 13.6 Å². The van der Waals surface area contributed by atoms with Gasteiger partial charge in [-0.25, -0.2) is 9.97 Å². The number of alkyl halides is 6. The molecular weight excluding hydrogens is 518 g/mol. The summed E-state index contributed by atoms with van der Waals surface area (Å²) in [5, 5.41) is 6.21. The summed E-state index contributed by atoms with van der Waals surface area (Å²) in [7, 11) is 1.00. The minimum atomic E-state index is -4.70.